The van der Waals surface area contributed by atoms with Gasteiger partial charge in [0.05, 0.1) is 6.42 Å². The lowest BCUT2D eigenvalue weighted by Crippen LogP contribution is -2.29. The maximum absolute atomic E-state index is 13.4. The van der Waals surface area contributed by atoms with Crippen LogP contribution in [0.4, 0.5) is 4.39 Å². The quantitative estimate of drug-likeness (QED) is 0.775. The lowest BCUT2D eigenvalue weighted by atomic mass is 9.84. The molecule has 1 aromatic carbocycles. The second-order valence-corrected chi connectivity index (χ2v) is 5.93. The van der Waals surface area contributed by atoms with Gasteiger partial charge in [-0.15, -0.1) is 0 Å². The Labute approximate surface area is 124 Å². The summed E-state index contributed by atoms with van der Waals surface area (Å²) in [6, 6.07) is 6.20. The van der Waals surface area contributed by atoms with Gasteiger partial charge in [0.2, 0.25) is 5.91 Å². The first-order chi connectivity index (χ1) is 9.80. The molecule has 5 heteroatoms. The number of aliphatic carboxylic acids is 1. The average molecular weight is 295 g/mol. The summed E-state index contributed by atoms with van der Waals surface area (Å²) < 4.78 is 13.4. The van der Waals surface area contributed by atoms with Crippen molar-refractivity contribution in [2.45, 2.75) is 39.5 Å². The Morgan fingerprint density at radius 1 is 1.24 bits per heavy atom. The van der Waals surface area contributed by atoms with Crippen molar-refractivity contribution in [3.05, 3.63) is 35.6 Å². The van der Waals surface area contributed by atoms with Crippen LogP contribution in [0.3, 0.4) is 0 Å². The van der Waals surface area contributed by atoms with Gasteiger partial charge in [0, 0.05) is 13.0 Å². The van der Waals surface area contributed by atoms with Gasteiger partial charge in [0.1, 0.15) is 5.82 Å². The highest BCUT2D eigenvalue weighted by Crippen LogP contribution is 2.25. The van der Waals surface area contributed by atoms with Crippen LogP contribution in [0.15, 0.2) is 24.3 Å². The maximum Gasteiger partial charge on any atom is 0.303 e. The van der Waals surface area contributed by atoms with Crippen LogP contribution in [0.5, 0.6) is 0 Å². The molecule has 0 aliphatic rings. The summed E-state index contributed by atoms with van der Waals surface area (Å²) in [5.41, 5.74) is 0.226. The SMILES string of the molecule is CC(C)(CCNC(=O)Cc1ccccc1F)CCC(=O)O. The molecule has 0 heterocycles. The van der Waals surface area contributed by atoms with E-state index in [-0.39, 0.29) is 30.0 Å². The summed E-state index contributed by atoms with van der Waals surface area (Å²) >= 11 is 0. The highest BCUT2D eigenvalue weighted by Gasteiger charge is 2.19. The summed E-state index contributed by atoms with van der Waals surface area (Å²) in [5.74, 6) is -1.42. The van der Waals surface area contributed by atoms with E-state index in [0.29, 0.717) is 24.9 Å². The third kappa shape index (κ3) is 6.88. The summed E-state index contributed by atoms with van der Waals surface area (Å²) in [5, 5.41) is 11.4. The molecule has 1 aromatic rings. The Balaban J connectivity index is 2.33. The molecule has 0 fully saturated rings. The third-order valence-electron chi connectivity index (χ3n) is 3.45. The van der Waals surface area contributed by atoms with Crippen LogP contribution in [0.1, 0.15) is 38.7 Å². The first kappa shape index (κ1) is 17.1. The molecule has 4 nitrogen and oxygen atoms in total. The van der Waals surface area contributed by atoms with Crippen LogP contribution >= 0.6 is 0 Å². The molecule has 21 heavy (non-hydrogen) atoms. The van der Waals surface area contributed by atoms with E-state index in [2.05, 4.69) is 5.32 Å². The smallest absolute Gasteiger partial charge is 0.303 e. The zero-order valence-corrected chi connectivity index (χ0v) is 12.5. The van der Waals surface area contributed by atoms with Gasteiger partial charge in [0.25, 0.3) is 0 Å². The normalized spacial score (nSPS) is 11.2. The zero-order chi connectivity index (χ0) is 15.9. The van der Waals surface area contributed by atoms with Gasteiger partial charge in [0.15, 0.2) is 0 Å². The number of rotatable bonds is 8. The Morgan fingerprint density at radius 2 is 1.90 bits per heavy atom. The first-order valence-electron chi connectivity index (χ1n) is 7.02. The van der Waals surface area contributed by atoms with Crippen molar-refractivity contribution < 1.29 is 19.1 Å². The lowest BCUT2D eigenvalue weighted by molar-refractivity contribution is -0.137. The van der Waals surface area contributed by atoms with Crippen molar-refractivity contribution in [3.63, 3.8) is 0 Å². The first-order valence-corrected chi connectivity index (χ1v) is 7.02. The van der Waals surface area contributed by atoms with E-state index in [1.807, 2.05) is 13.8 Å². The molecule has 0 saturated carbocycles. The van der Waals surface area contributed by atoms with Gasteiger partial charge in [-0.3, -0.25) is 9.59 Å². The minimum Gasteiger partial charge on any atom is -0.481 e. The third-order valence-corrected chi connectivity index (χ3v) is 3.45. The van der Waals surface area contributed by atoms with Crippen LogP contribution in [-0.4, -0.2) is 23.5 Å². The molecule has 0 atom stereocenters. The minimum atomic E-state index is -0.813. The van der Waals surface area contributed by atoms with Crippen molar-refractivity contribution in [2.24, 2.45) is 5.41 Å². The van der Waals surface area contributed by atoms with Gasteiger partial charge in [-0.2, -0.15) is 0 Å². The highest BCUT2D eigenvalue weighted by atomic mass is 19.1. The Bertz CT molecular complexity index is 500. The fourth-order valence-electron chi connectivity index (χ4n) is 1.99. The topological polar surface area (TPSA) is 66.4 Å². The van der Waals surface area contributed by atoms with E-state index < -0.39 is 5.97 Å². The van der Waals surface area contributed by atoms with Gasteiger partial charge in [-0.25, -0.2) is 4.39 Å². The van der Waals surface area contributed by atoms with Crippen LogP contribution < -0.4 is 5.32 Å². The van der Waals surface area contributed by atoms with E-state index in [9.17, 15) is 14.0 Å². The van der Waals surface area contributed by atoms with Crippen LogP contribution in [0.25, 0.3) is 0 Å². The number of nitrogens with one attached hydrogen (secondary N) is 1. The molecular weight excluding hydrogens is 273 g/mol. The molecule has 0 unspecified atom stereocenters. The molecule has 0 bridgehead atoms. The van der Waals surface area contributed by atoms with Gasteiger partial charge in [-0.1, -0.05) is 32.0 Å². The molecule has 116 valence electrons. The van der Waals surface area contributed by atoms with E-state index in [1.165, 1.54) is 6.07 Å². The standard InChI is InChI=1S/C16H22FNO3/c1-16(2,8-7-15(20)21)9-10-18-14(19)11-12-5-3-4-6-13(12)17/h3-6H,7-11H2,1-2H3,(H,18,19)(H,20,21). The van der Waals surface area contributed by atoms with E-state index in [1.54, 1.807) is 18.2 Å². The number of carboxylic acid groups (broad SMARTS) is 1. The Hall–Kier alpha value is -1.91. The molecule has 0 saturated heterocycles. The largest absolute Gasteiger partial charge is 0.481 e. The number of carboxylic acids is 1. The molecule has 0 aliphatic carbocycles. The van der Waals surface area contributed by atoms with Crippen molar-refractivity contribution in [1.29, 1.82) is 0 Å². The van der Waals surface area contributed by atoms with Crippen molar-refractivity contribution in [3.8, 4) is 0 Å². The lowest BCUT2D eigenvalue weighted by Gasteiger charge is -2.23. The molecule has 0 radical (unpaired) electrons. The molecule has 1 rings (SSSR count). The van der Waals surface area contributed by atoms with E-state index in [4.69, 9.17) is 5.11 Å². The summed E-state index contributed by atoms with van der Waals surface area (Å²) in [6.45, 7) is 4.40. The number of carbonyl (C=O) groups excluding carboxylic acids is 1. The number of amides is 1. The monoisotopic (exact) mass is 295 g/mol. The molecule has 1 amide bonds. The van der Waals surface area contributed by atoms with E-state index in [0.717, 1.165) is 0 Å². The van der Waals surface area contributed by atoms with Gasteiger partial charge in [-0.05, 0) is 29.9 Å². The van der Waals surface area contributed by atoms with E-state index >= 15 is 0 Å². The maximum atomic E-state index is 13.4. The average Bonchev–Trinajstić information content (AvgIpc) is 2.39. The second kappa shape index (κ2) is 7.76. The summed E-state index contributed by atoms with van der Waals surface area (Å²) in [4.78, 5) is 22.3. The predicted octanol–water partition coefficient (Wildman–Crippen LogP) is 2.77. The van der Waals surface area contributed by atoms with Crippen molar-refractivity contribution in [2.75, 3.05) is 6.54 Å². The number of hydrogen-bond donors (Lipinski definition) is 2. The fourth-order valence-corrected chi connectivity index (χ4v) is 1.99. The van der Waals surface area contributed by atoms with Crippen molar-refractivity contribution in [1.82, 2.24) is 5.32 Å². The van der Waals surface area contributed by atoms with Crippen LogP contribution in [0.2, 0.25) is 0 Å². The van der Waals surface area contributed by atoms with Crippen LogP contribution in [0, 0.1) is 11.2 Å². The molecule has 0 aromatic heterocycles. The molecule has 2 N–H and O–H groups in total. The molecule has 0 spiro atoms. The van der Waals surface area contributed by atoms with Gasteiger partial charge < -0.3 is 10.4 Å². The fraction of sp³-hybridized carbons (Fsp3) is 0.500. The second-order valence-electron chi connectivity index (χ2n) is 5.93. The minimum absolute atomic E-state index is 0.0161. The number of benzene rings is 1. The van der Waals surface area contributed by atoms with Crippen LogP contribution in [-0.2, 0) is 16.0 Å². The summed E-state index contributed by atoms with van der Waals surface area (Å²) in [6.07, 6.45) is 1.38. The number of hydrogen-bond acceptors (Lipinski definition) is 2. The number of halogens is 1. The zero-order valence-electron chi connectivity index (χ0n) is 12.5. The molecule has 0 aliphatic heterocycles. The Kier molecular flexibility index (Phi) is 6.34. The highest BCUT2D eigenvalue weighted by molar-refractivity contribution is 5.78. The predicted molar refractivity (Wildman–Crippen MR) is 78.4 cm³/mol. The Morgan fingerprint density at radius 3 is 2.52 bits per heavy atom. The number of carbonyl (C=O) groups is 2. The van der Waals surface area contributed by atoms with Gasteiger partial charge >= 0.3 is 5.97 Å². The van der Waals surface area contributed by atoms with Crippen molar-refractivity contribution >= 4 is 11.9 Å². The molecular formula is C16H22FNO3. The summed E-state index contributed by atoms with van der Waals surface area (Å²) in [7, 11) is 0.